The smallest absolute Gasteiger partial charge is 0.306 e. The predicted molar refractivity (Wildman–Crippen MR) is 302 cm³/mol. The Morgan fingerprint density at radius 2 is 1.41 bits per heavy atom. The third-order valence-corrected chi connectivity index (χ3v) is 15.0. The van der Waals surface area contributed by atoms with Crippen LogP contribution in [0.5, 0.6) is 0 Å². The van der Waals surface area contributed by atoms with Gasteiger partial charge in [-0.25, -0.2) is 0 Å². The van der Waals surface area contributed by atoms with E-state index in [1.807, 2.05) is 50.3 Å². The van der Waals surface area contributed by atoms with Crippen molar-refractivity contribution in [1.29, 1.82) is 0 Å². The summed E-state index contributed by atoms with van der Waals surface area (Å²) in [6, 6.07) is 10.3. The van der Waals surface area contributed by atoms with Gasteiger partial charge in [-0.15, -0.1) is 0 Å². The van der Waals surface area contributed by atoms with E-state index in [-0.39, 0.29) is 52.7 Å². The van der Waals surface area contributed by atoms with E-state index in [9.17, 15) is 39.6 Å². The Morgan fingerprint density at radius 1 is 0.797 bits per heavy atom. The number of carboxylic acids is 1. The molecule has 1 aromatic carbocycles. The highest BCUT2D eigenvalue weighted by Crippen LogP contribution is 2.33. The number of benzene rings is 1. The van der Waals surface area contributed by atoms with Crippen LogP contribution < -0.4 is 0 Å². The second kappa shape index (κ2) is 38.7. The number of carbonyl (C=O) groups is 4. The number of hydrogen-bond acceptors (Lipinski definition) is 10. The second-order valence-corrected chi connectivity index (χ2v) is 21.8. The number of carbonyl (C=O) groups excluding carboxylic acids is 3. The molecule has 422 valence electrons. The minimum Gasteiger partial charge on any atom is -0.481 e. The number of aliphatic carboxylic acids is 1. The second-order valence-electron chi connectivity index (χ2n) is 21.8. The van der Waals surface area contributed by atoms with Gasteiger partial charge in [-0.1, -0.05) is 171 Å². The standard InChI is InChI=1S/C48H80O9.C8H16O2.C7H8/c1-13-41(39(10)49)48(54,55)38(9)22-18-17-21-34(5)33(4)20-16-14-15-19-31(2)27-36(7)45(52)47(57-12)46(53)37(8)29-35(6)42(50)25-23-32(3)28-40-24-26-43(51)44(30-40)56-11;1-3-4-5-6-7(2)8(9)10;1-7-5-3-2-4-6-7/h13-16,19-20,29,31-32,34-36,38,40,43-44,46-47,51,53-55H,17-18,21-28,30H2,1-12H3;7H,3-6H2,1-2H3,(H,9,10);2-6H,1H3/b16-14+,19-15+,33-20+,37-29+,41-13+;;/t31-,32+,34?,35-,36?,38?,40?,43-,44?,46?,47+;;/m1../s1. The number of aliphatic hydroxyl groups is 4. The summed E-state index contributed by atoms with van der Waals surface area (Å²) in [5.41, 5.74) is 3.17. The number of aryl methyl sites for hydroxylation is 1. The highest BCUT2D eigenvalue weighted by atomic mass is 16.5. The van der Waals surface area contributed by atoms with E-state index in [1.165, 1.54) is 31.2 Å². The minimum absolute atomic E-state index is 0.0441. The van der Waals surface area contributed by atoms with Crippen LogP contribution in [0.2, 0.25) is 0 Å². The molecule has 0 radical (unpaired) electrons. The molecule has 0 aromatic heterocycles. The van der Waals surface area contributed by atoms with Crippen molar-refractivity contribution >= 4 is 23.3 Å². The molecule has 1 saturated carbocycles. The first kappa shape index (κ1) is 70.2. The van der Waals surface area contributed by atoms with Crippen LogP contribution in [-0.4, -0.2) is 93.3 Å². The van der Waals surface area contributed by atoms with Crippen molar-refractivity contribution in [2.24, 2.45) is 47.3 Å². The van der Waals surface area contributed by atoms with Gasteiger partial charge in [0.2, 0.25) is 0 Å². The fraction of sp³-hybridized carbons (Fsp3) is 0.683. The first-order valence-electron chi connectivity index (χ1n) is 27.8. The number of allylic oxidation sites excluding steroid dienone is 8. The highest BCUT2D eigenvalue weighted by Gasteiger charge is 2.37. The van der Waals surface area contributed by atoms with Gasteiger partial charge in [0, 0.05) is 44.0 Å². The first-order valence-corrected chi connectivity index (χ1v) is 27.8. The lowest BCUT2D eigenvalue weighted by Gasteiger charge is -2.33. The molecule has 0 saturated heterocycles. The predicted octanol–water partition coefficient (Wildman–Crippen LogP) is 13.1. The zero-order chi connectivity index (χ0) is 56.6. The molecule has 1 aliphatic carbocycles. The van der Waals surface area contributed by atoms with E-state index in [4.69, 9.17) is 14.6 Å². The zero-order valence-corrected chi connectivity index (χ0v) is 48.6. The Morgan fingerprint density at radius 3 is 1.95 bits per heavy atom. The lowest BCUT2D eigenvalue weighted by molar-refractivity contribution is -0.170. The quantitative estimate of drug-likeness (QED) is 0.0152. The van der Waals surface area contributed by atoms with Gasteiger partial charge in [0.05, 0.1) is 18.1 Å². The van der Waals surface area contributed by atoms with Gasteiger partial charge in [-0.05, 0) is 122 Å². The van der Waals surface area contributed by atoms with Crippen LogP contribution >= 0.6 is 0 Å². The molecular weight excluding hydrogens is 933 g/mol. The Labute approximate surface area is 449 Å². The number of rotatable bonds is 32. The van der Waals surface area contributed by atoms with Crippen molar-refractivity contribution in [3.63, 3.8) is 0 Å². The van der Waals surface area contributed by atoms with Gasteiger partial charge >= 0.3 is 5.97 Å². The van der Waals surface area contributed by atoms with E-state index >= 15 is 0 Å². The van der Waals surface area contributed by atoms with E-state index in [2.05, 4.69) is 65.8 Å². The molecule has 5 N–H and O–H groups in total. The van der Waals surface area contributed by atoms with Crippen LogP contribution in [0.3, 0.4) is 0 Å². The summed E-state index contributed by atoms with van der Waals surface area (Å²) in [7, 11) is 3.08. The number of unbranched alkanes of at least 4 members (excludes halogenated alkanes) is 3. The molecule has 7 unspecified atom stereocenters. The lowest BCUT2D eigenvalue weighted by Crippen LogP contribution is -2.40. The monoisotopic (exact) mass is 1040 g/mol. The molecule has 1 aliphatic rings. The maximum absolute atomic E-state index is 13.4. The number of hydrogen-bond donors (Lipinski definition) is 5. The normalized spacial score (nSPS) is 20.5. The summed E-state index contributed by atoms with van der Waals surface area (Å²) in [6.07, 6.45) is 23.7. The molecule has 11 nitrogen and oxygen atoms in total. The van der Waals surface area contributed by atoms with Crippen LogP contribution in [-0.2, 0) is 28.7 Å². The third kappa shape index (κ3) is 28.3. The number of Topliss-reactive ketones (excluding diaryl/α,β-unsaturated/α-hetero) is 3. The molecule has 0 spiro atoms. The summed E-state index contributed by atoms with van der Waals surface area (Å²) < 4.78 is 11.0. The van der Waals surface area contributed by atoms with E-state index in [0.29, 0.717) is 42.6 Å². The van der Waals surface area contributed by atoms with Gasteiger partial charge in [0.15, 0.2) is 17.4 Å². The molecule has 0 amide bonds. The van der Waals surface area contributed by atoms with Gasteiger partial charge < -0.3 is 35.0 Å². The van der Waals surface area contributed by atoms with Crippen LogP contribution in [0.1, 0.15) is 185 Å². The Hall–Kier alpha value is -3.84. The summed E-state index contributed by atoms with van der Waals surface area (Å²) in [6.45, 7) is 24.7. The number of aliphatic hydroxyl groups excluding tert-OH is 2. The molecule has 0 bridgehead atoms. The maximum atomic E-state index is 13.4. The summed E-state index contributed by atoms with van der Waals surface area (Å²) in [4.78, 5) is 48.6. The molecule has 12 atom stereocenters. The topological polar surface area (TPSA) is 188 Å². The van der Waals surface area contributed by atoms with Gasteiger partial charge in [-0.3, -0.25) is 19.2 Å². The number of carboxylic acid groups (broad SMARTS) is 1. The van der Waals surface area contributed by atoms with Gasteiger partial charge in [0.25, 0.3) is 0 Å². The van der Waals surface area contributed by atoms with Crippen LogP contribution in [0, 0.1) is 54.3 Å². The average molecular weight is 1040 g/mol. The van der Waals surface area contributed by atoms with Crippen molar-refractivity contribution in [1.82, 2.24) is 0 Å². The van der Waals surface area contributed by atoms with Crippen molar-refractivity contribution in [3.05, 3.63) is 95.1 Å². The van der Waals surface area contributed by atoms with E-state index in [1.54, 1.807) is 40.9 Å². The molecule has 1 aromatic rings. The molecule has 1 fully saturated rings. The summed E-state index contributed by atoms with van der Waals surface area (Å²) >= 11 is 0. The lowest BCUT2D eigenvalue weighted by atomic mass is 9.79. The summed E-state index contributed by atoms with van der Waals surface area (Å²) in [5, 5.41) is 50.8. The van der Waals surface area contributed by atoms with Crippen molar-refractivity contribution in [3.8, 4) is 0 Å². The summed E-state index contributed by atoms with van der Waals surface area (Å²) in [5.74, 6) is -3.15. The zero-order valence-electron chi connectivity index (χ0n) is 48.6. The molecule has 0 heterocycles. The Kier molecular flexibility index (Phi) is 36.7. The fourth-order valence-electron chi connectivity index (χ4n) is 9.54. The van der Waals surface area contributed by atoms with Crippen molar-refractivity contribution < 1.29 is 54.2 Å². The molecule has 0 aliphatic heterocycles. The maximum Gasteiger partial charge on any atom is 0.306 e. The molecule has 74 heavy (non-hydrogen) atoms. The highest BCUT2D eigenvalue weighted by molar-refractivity contribution is 5.94. The van der Waals surface area contributed by atoms with E-state index in [0.717, 1.165) is 77.0 Å². The van der Waals surface area contributed by atoms with Crippen LogP contribution in [0.15, 0.2) is 89.6 Å². The number of ether oxygens (including phenoxy) is 2. The van der Waals surface area contributed by atoms with E-state index < -0.39 is 36.0 Å². The number of ketones is 3. The molecular formula is C63H104O11. The largest absolute Gasteiger partial charge is 0.481 e. The van der Waals surface area contributed by atoms with Crippen LogP contribution in [0.4, 0.5) is 0 Å². The SMILES string of the molecule is C/C=C(\C(C)=O)C(O)(O)C(C)CCCCC(C)/C(C)=C/C=C/C=C/[C@@H](C)CC(C)C(=O)[C@H](OC)C(O)/C(C)=C/[C@@H](C)C(=O)CC[C@H](C)CC1CC[C@@H](O)C(OC)C1.CCCCCC(C)C(=O)O.Cc1ccccc1. The van der Waals surface area contributed by atoms with Gasteiger partial charge in [-0.2, -0.15) is 0 Å². The first-order chi connectivity index (χ1) is 34.8. The van der Waals surface area contributed by atoms with Crippen LogP contribution in [0.25, 0.3) is 0 Å². The third-order valence-electron chi connectivity index (χ3n) is 15.0. The Balaban J connectivity index is 0.00000263. The number of methoxy groups -OCH3 is 2. The van der Waals surface area contributed by atoms with Crippen molar-refractivity contribution in [2.75, 3.05) is 14.2 Å². The molecule has 2 rings (SSSR count). The minimum atomic E-state index is -2.11. The molecule has 11 heteroatoms. The fourth-order valence-corrected chi connectivity index (χ4v) is 9.54. The Bertz CT molecular complexity index is 1890. The van der Waals surface area contributed by atoms with Crippen molar-refractivity contribution in [2.45, 2.75) is 217 Å². The van der Waals surface area contributed by atoms with Gasteiger partial charge in [0.1, 0.15) is 18.0 Å². The average Bonchev–Trinajstić information content (AvgIpc) is 3.35.